The van der Waals surface area contributed by atoms with Crippen molar-refractivity contribution < 1.29 is 14.3 Å². The lowest BCUT2D eigenvalue weighted by molar-refractivity contribution is -0.144. The molecule has 2 heterocycles. The fourth-order valence-corrected chi connectivity index (χ4v) is 3.50. The SMILES string of the molecule is Cc1ccc(C(N)C(=O)N2CCC(C(=O)N3CCOCC3)CC2)cc1. The topological polar surface area (TPSA) is 75.9 Å². The summed E-state index contributed by atoms with van der Waals surface area (Å²) in [6.07, 6.45) is 1.42. The van der Waals surface area contributed by atoms with Gasteiger partial charge in [-0.3, -0.25) is 9.59 Å². The van der Waals surface area contributed by atoms with Crippen molar-refractivity contribution in [2.45, 2.75) is 25.8 Å². The minimum Gasteiger partial charge on any atom is -0.378 e. The molecule has 1 aromatic carbocycles. The number of nitrogens with zero attached hydrogens (tertiary/aromatic N) is 2. The summed E-state index contributed by atoms with van der Waals surface area (Å²) in [6.45, 7) is 5.79. The smallest absolute Gasteiger partial charge is 0.244 e. The molecule has 2 saturated heterocycles. The van der Waals surface area contributed by atoms with Gasteiger partial charge in [0.1, 0.15) is 6.04 Å². The molecule has 0 saturated carbocycles. The third-order valence-corrected chi connectivity index (χ3v) is 5.18. The molecule has 2 N–H and O–H groups in total. The molecule has 2 aliphatic heterocycles. The van der Waals surface area contributed by atoms with Crippen LogP contribution in [0, 0.1) is 12.8 Å². The zero-order valence-corrected chi connectivity index (χ0v) is 14.8. The van der Waals surface area contributed by atoms with Gasteiger partial charge in [-0.2, -0.15) is 0 Å². The number of morpholine rings is 1. The molecule has 2 amide bonds. The number of amides is 2. The van der Waals surface area contributed by atoms with E-state index in [0.29, 0.717) is 52.2 Å². The van der Waals surface area contributed by atoms with Crippen LogP contribution in [-0.2, 0) is 14.3 Å². The molecule has 6 nitrogen and oxygen atoms in total. The lowest BCUT2D eigenvalue weighted by Crippen LogP contribution is -2.48. The Kier molecular flexibility index (Phi) is 5.71. The quantitative estimate of drug-likeness (QED) is 0.890. The van der Waals surface area contributed by atoms with Crippen LogP contribution in [0.2, 0.25) is 0 Å². The van der Waals surface area contributed by atoms with Gasteiger partial charge in [0.15, 0.2) is 0 Å². The van der Waals surface area contributed by atoms with Gasteiger partial charge >= 0.3 is 0 Å². The van der Waals surface area contributed by atoms with Gasteiger partial charge < -0.3 is 20.3 Å². The molecule has 1 aromatic rings. The van der Waals surface area contributed by atoms with Crippen molar-refractivity contribution in [1.82, 2.24) is 9.80 Å². The van der Waals surface area contributed by atoms with E-state index in [9.17, 15) is 9.59 Å². The average Bonchev–Trinajstić information content (AvgIpc) is 2.67. The summed E-state index contributed by atoms with van der Waals surface area (Å²) >= 11 is 0. The zero-order chi connectivity index (χ0) is 17.8. The third kappa shape index (κ3) is 4.19. The van der Waals surface area contributed by atoms with Crippen molar-refractivity contribution in [2.24, 2.45) is 11.7 Å². The Labute approximate surface area is 148 Å². The minimum atomic E-state index is -0.632. The van der Waals surface area contributed by atoms with E-state index >= 15 is 0 Å². The van der Waals surface area contributed by atoms with E-state index in [2.05, 4.69) is 0 Å². The van der Waals surface area contributed by atoms with Crippen LogP contribution in [0.15, 0.2) is 24.3 Å². The number of carbonyl (C=O) groups is 2. The van der Waals surface area contributed by atoms with Crippen molar-refractivity contribution in [3.8, 4) is 0 Å². The molecule has 0 spiro atoms. The fraction of sp³-hybridized carbons (Fsp3) is 0.579. The van der Waals surface area contributed by atoms with Crippen molar-refractivity contribution in [2.75, 3.05) is 39.4 Å². The molecule has 0 radical (unpaired) electrons. The summed E-state index contributed by atoms with van der Waals surface area (Å²) in [4.78, 5) is 28.9. The maximum Gasteiger partial charge on any atom is 0.244 e. The van der Waals surface area contributed by atoms with Gasteiger partial charge in [-0.05, 0) is 25.3 Å². The lowest BCUT2D eigenvalue weighted by Gasteiger charge is -2.36. The fourth-order valence-electron chi connectivity index (χ4n) is 3.50. The molecule has 2 fully saturated rings. The Morgan fingerprint density at radius 2 is 1.64 bits per heavy atom. The summed E-state index contributed by atoms with van der Waals surface area (Å²) in [5.41, 5.74) is 8.13. The monoisotopic (exact) mass is 345 g/mol. The Morgan fingerprint density at radius 3 is 2.24 bits per heavy atom. The Bertz CT molecular complexity index is 603. The highest BCUT2D eigenvalue weighted by atomic mass is 16.5. The van der Waals surface area contributed by atoms with Crippen LogP contribution in [0.5, 0.6) is 0 Å². The van der Waals surface area contributed by atoms with Gasteiger partial charge in [0.25, 0.3) is 0 Å². The summed E-state index contributed by atoms with van der Waals surface area (Å²) in [5, 5.41) is 0. The second-order valence-corrected chi connectivity index (χ2v) is 6.93. The molecular formula is C19H27N3O3. The Hall–Kier alpha value is -1.92. The van der Waals surface area contributed by atoms with Crippen LogP contribution in [0.4, 0.5) is 0 Å². The molecule has 6 heteroatoms. The van der Waals surface area contributed by atoms with E-state index in [4.69, 9.17) is 10.5 Å². The van der Waals surface area contributed by atoms with Crippen molar-refractivity contribution in [3.05, 3.63) is 35.4 Å². The number of hydrogen-bond acceptors (Lipinski definition) is 4. The van der Waals surface area contributed by atoms with E-state index in [1.807, 2.05) is 36.1 Å². The zero-order valence-electron chi connectivity index (χ0n) is 14.8. The standard InChI is InChI=1S/C19H27N3O3/c1-14-2-4-15(5-3-14)17(20)19(24)21-8-6-16(7-9-21)18(23)22-10-12-25-13-11-22/h2-5,16-17H,6-13,20H2,1H3. The van der Waals surface area contributed by atoms with Gasteiger partial charge in [0.2, 0.25) is 11.8 Å². The largest absolute Gasteiger partial charge is 0.378 e. The molecule has 136 valence electrons. The number of hydrogen-bond donors (Lipinski definition) is 1. The number of aryl methyl sites for hydroxylation is 1. The number of ether oxygens (including phenoxy) is 1. The van der Waals surface area contributed by atoms with Gasteiger partial charge in [-0.15, -0.1) is 0 Å². The number of piperidine rings is 1. The molecule has 0 aliphatic carbocycles. The van der Waals surface area contributed by atoms with Crippen LogP contribution in [-0.4, -0.2) is 61.0 Å². The first-order chi connectivity index (χ1) is 12.1. The van der Waals surface area contributed by atoms with Crippen molar-refractivity contribution in [3.63, 3.8) is 0 Å². The van der Waals surface area contributed by atoms with Gasteiger partial charge in [0.05, 0.1) is 13.2 Å². The van der Waals surface area contributed by atoms with E-state index in [1.165, 1.54) is 0 Å². The number of benzene rings is 1. The van der Waals surface area contributed by atoms with Crippen molar-refractivity contribution in [1.29, 1.82) is 0 Å². The first-order valence-electron chi connectivity index (χ1n) is 9.03. The van der Waals surface area contributed by atoms with E-state index < -0.39 is 6.04 Å². The minimum absolute atomic E-state index is 0.0118. The maximum atomic E-state index is 12.7. The van der Waals surface area contributed by atoms with Crippen LogP contribution >= 0.6 is 0 Å². The van der Waals surface area contributed by atoms with Gasteiger partial charge in [-0.25, -0.2) is 0 Å². The summed E-state index contributed by atoms with van der Waals surface area (Å²) in [7, 11) is 0. The number of rotatable bonds is 3. The molecule has 25 heavy (non-hydrogen) atoms. The predicted molar refractivity (Wildman–Crippen MR) is 94.8 cm³/mol. The highest BCUT2D eigenvalue weighted by Gasteiger charge is 2.32. The van der Waals surface area contributed by atoms with Gasteiger partial charge in [-0.1, -0.05) is 29.8 Å². The number of nitrogens with two attached hydrogens (primary N) is 1. The predicted octanol–water partition coefficient (Wildman–Crippen LogP) is 1.09. The van der Waals surface area contributed by atoms with Crippen LogP contribution < -0.4 is 5.73 Å². The summed E-state index contributed by atoms with van der Waals surface area (Å²) in [5.74, 6) is 0.164. The average molecular weight is 345 g/mol. The molecule has 3 rings (SSSR count). The second-order valence-electron chi connectivity index (χ2n) is 6.93. The van der Waals surface area contributed by atoms with Crippen LogP contribution in [0.3, 0.4) is 0 Å². The lowest BCUT2D eigenvalue weighted by atomic mass is 9.94. The summed E-state index contributed by atoms with van der Waals surface area (Å²) in [6, 6.07) is 7.12. The molecule has 0 aromatic heterocycles. The van der Waals surface area contributed by atoms with E-state index in [1.54, 1.807) is 4.90 Å². The normalized spacial score (nSPS) is 20.4. The molecule has 0 bridgehead atoms. The van der Waals surface area contributed by atoms with Crippen molar-refractivity contribution >= 4 is 11.8 Å². The highest BCUT2D eigenvalue weighted by molar-refractivity contribution is 5.84. The second kappa shape index (κ2) is 7.97. The maximum absolute atomic E-state index is 12.7. The number of carbonyl (C=O) groups excluding carboxylic acids is 2. The molecule has 2 aliphatic rings. The highest BCUT2D eigenvalue weighted by Crippen LogP contribution is 2.23. The molecular weight excluding hydrogens is 318 g/mol. The first kappa shape index (κ1) is 17.9. The van der Waals surface area contributed by atoms with Crippen LogP contribution in [0.1, 0.15) is 30.0 Å². The third-order valence-electron chi connectivity index (χ3n) is 5.18. The van der Waals surface area contributed by atoms with E-state index in [0.717, 1.165) is 11.1 Å². The number of likely N-dealkylation sites (tertiary alicyclic amines) is 1. The van der Waals surface area contributed by atoms with Crippen LogP contribution in [0.25, 0.3) is 0 Å². The van der Waals surface area contributed by atoms with E-state index in [-0.39, 0.29) is 17.7 Å². The Morgan fingerprint density at radius 1 is 1.04 bits per heavy atom. The van der Waals surface area contributed by atoms with Gasteiger partial charge in [0, 0.05) is 32.1 Å². The Balaban J connectivity index is 1.53. The molecule has 1 unspecified atom stereocenters. The first-order valence-corrected chi connectivity index (χ1v) is 9.03. The molecule has 1 atom stereocenters. The summed E-state index contributed by atoms with van der Waals surface area (Å²) < 4.78 is 5.30.